The van der Waals surface area contributed by atoms with Crippen molar-refractivity contribution < 1.29 is 9.59 Å². The molecule has 0 heterocycles. The van der Waals surface area contributed by atoms with Crippen LogP contribution < -0.4 is 16.4 Å². The van der Waals surface area contributed by atoms with Crippen LogP contribution in [0.25, 0.3) is 0 Å². The van der Waals surface area contributed by atoms with Crippen LogP contribution in [0.2, 0.25) is 5.02 Å². The number of carbonyl (C=O) groups is 2. The highest BCUT2D eigenvalue weighted by Crippen LogP contribution is 2.21. The molecule has 1 unspecified atom stereocenters. The highest BCUT2D eigenvalue weighted by Gasteiger charge is 2.12. The predicted molar refractivity (Wildman–Crippen MR) is 90.1 cm³/mol. The summed E-state index contributed by atoms with van der Waals surface area (Å²) < 4.78 is 0. The lowest BCUT2D eigenvalue weighted by molar-refractivity contribution is -0.116. The number of hydrogen-bond donors (Lipinski definition) is 3. The Morgan fingerprint density at radius 1 is 1.27 bits per heavy atom. The van der Waals surface area contributed by atoms with Gasteiger partial charge in [-0.3, -0.25) is 9.59 Å². The lowest BCUT2D eigenvalue weighted by Gasteiger charge is -2.11. The van der Waals surface area contributed by atoms with Gasteiger partial charge in [0.1, 0.15) is 0 Å². The maximum absolute atomic E-state index is 12.1. The zero-order valence-electron chi connectivity index (χ0n) is 13.3. The van der Waals surface area contributed by atoms with Crippen LogP contribution in [0.1, 0.15) is 44.0 Å². The zero-order chi connectivity index (χ0) is 16.7. The van der Waals surface area contributed by atoms with Crippen molar-refractivity contribution in [3.05, 3.63) is 28.8 Å². The lowest BCUT2D eigenvalue weighted by atomic mass is 10.1. The second-order valence-corrected chi connectivity index (χ2v) is 6.27. The molecule has 1 atom stereocenters. The van der Waals surface area contributed by atoms with Crippen molar-refractivity contribution in [2.75, 3.05) is 11.9 Å². The summed E-state index contributed by atoms with van der Waals surface area (Å²) in [6.45, 7) is 6.30. The molecule has 22 heavy (non-hydrogen) atoms. The third-order valence-electron chi connectivity index (χ3n) is 2.97. The fourth-order valence-electron chi connectivity index (χ4n) is 1.87. The van der Waals surface area contributed by atoms with Crippen LogP contribution in [-0.4, -0.2) is 24.4 Å². The van der Waals surface area contributed by atoms with Crippen molar-refractivity contribution in [3.63, 3.8) is 0 Å². The van der Waals surface area contributed by atoms with Crippen molar-refractivity contribution in [2.24, 2.45) is 11.7 Å². The molecule has 122 valence electrons. The Hall–Kier alpha value is -1.59. The molecule has 1 aromatic rings. The topological polar surface area (TPSA) is 84.2 Å². The maximum Gasteiger partial charge on any atom is 0.252 e. The van der Waals surface area contributed by atoms with Gasteiger partial charge in [0, 0.05) is 24.7 Å². The van der Waals surface area contributed by atoms with E-state index in [1.54, 1.807) is 18.2 Å². The van der Waals surface area contributed by atoms with Gasteiger partial charge in [0.25, 0.3) is 5.91 Å². The lowest BCUT2D eigenvalue weighted by Crippen LogP contribution is -2.29. The summed E-state index contributed by atoms with van der Waals surface area (Å²) in [5.41, 5.74) is 6.54. The van der Waals surface area contributed by atoms with Crippen LogP contribution in [0.3, 0.4) is 0 Å². The fourth-order valence-corrected chi connectivity index (χ4v) is 2.07. The first-order chi connectivity index (χ1) is 10.3. The van der Waals surface area contributed by atoms with Gasteiger partial charge in [-0.25, -0.2) is 0 Å². The van der Waals surface area contributed by atoms with Crippen molar-refractivity contribution in [2.45, 2.75) is 39.7 Å². The van der Waals surface area contributed by atoms with E-state index < -0.39 is 0 Å². The standard InChI is InChI=1S/C16H24ClN3O2/c1-10(2)8-15(21)20-12-4-5-14(17)13(9-12)16(22)19-7-6-11(3)18/h4-5,9-11H,6-8,18H2,1-3H3,(H,19,22)(H,20,21). The van der Waals surface area contributed by atoms with Gasteiger partial charge in [-0.15, -0.1) is 0 Å². The molecule has 6 heteroatoms. The monoisotopic (exact) mass is 325 g/mol. The van der Waals surface area contributed by atoms with Gasteiger partial charge < -0.3 is 16.4 Å². The SMILES string of the molecule is CC(C)CC(=O)Nc1ccc(Cl)c(C(=O)NCCC(C)N)c1. The molecule has 0 radical (unpaired) electrons. The normalized spacial score (nSPS) is 12.1. The Labute approximate surface area is 136 Å². The van der Waals surface area contributed by atoms with Gasteiger partial charge in [-0.1, -0.05) is 25.4 Å². The van der Waals surface area contributed by atoms with Gasteiger partial charge in [0.2, 0.25) is 5.91 Å². The van der Waals surface area contributed by atoms with Gasteiger partial charge in [0.15, 0.2) is 0 Å². The number of halogens is 1. The number of amides is 2. The molecule has 0 fully saturated rings. The number of nitrogens with two attached hydrogens (primary N) is 1. The summed E-state index contributed by atoms with van der Waals surface area (Å²) in [4.78, 5) is 23.9. The second-order valence-electron chi connectivity index (χ2n) is 5.86. The second kappa shape index (κ2) is 8.76. The first-order valence-corrected chi connectivity index (χ1v) is 7.80. The van der Waals surface area contributed by atoms with E-state index in [-0.39, 0.29) is 23.8 Å². The summed E-state index contributed by atoms with van der Waals surface area (Å²) >= 11 is 6.06. The van der Waals surface area contributed by atoms with Gasteiger partial charge in [0.05, 0.1) is 10.6 Å². The van der Waals surface area contributed by atoms with Crippen molar-refractivity contribution in [3.8, 4) is 0 Å². The van der Waals surface area contributed by atoms with Crippen LogP contribution in [0.5, 0.6) is 0 Å². The van der Waals surface area contributed by atoms with E-state index in [0.29, 0.717) is 35.7 Å². The van der Waals surface area contributed by atoms with E-state index in [0.717, 1.165) is 0 Å². The molecular formula is C16H24ClN3O2. The third-order valence-corrected chi connectivity index (χ3v) is 3.30. The summed E-state index contributed by atoms with van der Waals surface area (Å²) in [6.07, 6.45) is 1.12. The molecule has 0 aliphatic carbocycles. The van der Waals surface area contributed by atoms with Gasteiger partial charge >= 0.3 is 0 Å². The average molecular weight is 326 g/mol. The van der Waals surface area contributed by atoms with Crippen LogP contribution in [-0.2, 0) is 4.79 Å². The van der Waals surface area contributed by atoms with Crippen molar-refractivity contribution in [1.82, 2.24) is 5.32 Å². The molecule has 5 nitrogen and oxygen atoms in total. The predicted octanol–water partition coefficient (Wildman–Crippen LogP) is 2.79. The molecule has 0 saturated carbocycles. The van der Waals surface area contributed by atoms with E-state index >= 15 is 0 Å². The van der Waals surface area contributed by atoms with E-state index in [9.17, 15) is 9.59 Å². The molecule has 0 spiro atoms. The fraction of sp³-hybridized carbons (Fsp3) is 0.500. The minimum absolute atomic E-state index is 0.0254. The molecule has 2 amide bonds. The van der Waals surface area contributed by atoms with Gasteiger partial charge in [-0.05, 0) is 37.5 Å². The number of anilines is 1. The molecule has 0 aliphatic heterocycles. The first-order valence-electron chi connectivity index (χ1n) is 7.42. The Balaban J connectivity index is 2.72. The van der Waals surface area contributed by atoms with Gasteiger partial charge in [-0.2, -0.15) is 0 Å². The molecule has 0 saturated heterocycles. The average Bonchev–Trinajstić information content (AvgIpc) is 2.39. The molecule has 1 rings (SSSR count). The quantitative estimate of drug-likeness (QED) is 0.720. The largest absolute Gasteiger partial charge is 0.352 e. The van der Waals surface area contributed by atoms with Crippen LogP contribution in [0.4, 0.5) is 5.69 Å². The van der Waals surface area contributed by atoms with E-state index in [2.05, 4.69) is 10.6 Å². The van der Waals surface area contributed by atoms with Crippen molar-refractivity contribution in [1.29, 1.82) is 0 Å². The zero-order valence-corrected chi connectivity index (χ0v) is 14.0. The third kappa shape index (κ3) is 6.45. The van der Waals surface area contributed by atoms with Crippen LogP contribution in [0, 0.1) is 5.92 Å². The maximum atomic E-state index is 12.1. The number of hydrogen-bond acceptors (Lipinski definition) is 3. The van der Waals surface area contributed by atoms with E-state index in [1.807, 2.05) is 20.8 Å². The molecule has 1 aromatic carbocycles. The Bertz CT molecular complexity index is 530. The molecule has 0 aliphatic rings. The van der Waals surface area contributed by atoms with Crippen molar-refractivity contribution >= 4 is 29.1 Å². The number of carbonyl (C=O) groups excluding carboxylic acids is 2. The number of rotatable bonds is 7. The first kappa shape index (κ1) is 18.5. The summed E-state index contributed by atoms with van der Waals surface area (Å²) in [6, 6.07) is 4.89. The molecular weight excluding hydrogens is 302 g/mol. The molecule has 0 bridgehead atoms. The summed E-state index contributed by atoms with van der Waals surface area (Å²) in [5, 5.41) is 5.89. The molecule has 4 N–H and O–H groups in total. The number of nitrogens with one attached hydrogen (secondary N) is 2. The van der Waals surface area contributed by atoms with Crippen LogP contribution in [0.15, 0.2) is 18.2 Å². The minimum atomic E-state index is -0.273. The summed E-state index contributed by atoms with van der Waals surface area (Å²) in [7, 11) is 0. The highest BCUT2D eigenvalue weighted by molar-refractivity contribution is 6.34. The van der Waals surface area contributed by atoms with E-state index in [4.69, 9.17) is 17.3 Å². The van der Waals surface area contributed by atoms with Crippen LogP contribution >= 0.6 is 11.6 Å². The number of benzene rings is 1. The smallest absolute Gasteiger partial charge is 0.252 e. The Morgan fingerprint density at radius 2 is 1.95 bits per heavy atom. The Morgan fingerprint density at radius 3 is 2.55 bits per heavy atom. The minimum Gasteiger partial charge on any atom is -0.352 e. The Kier molecular flexibility index (Phi) is 7.35. The summed E-state index contributed by atoms with van der Waals surface area (Å²) in [5.74, 6) is -0.0837. The highest BCUT2D eigenvalue weighted by atomic mass is 35.5. The van der Waals surface area contributed by atoms with E-state index in [1.165, 1.54) is 0 Å². The molecule has 0 aromatic heterocycles.